The van der Waals surface area contributed by atoms with Gasteiger partial charge in [0.25, 0.3) is 0 Å². The monoisotopic (exact) mass is 489 g/mol. The lowest BCUT2D eigenvalue weighted by molar-refractivity contribution is 0.0613. The molecule has 0 bridgehead atoms. The number of H-pyrrole nitrogens is 1. The fourth-order valence-electron chi connectivity index (χ4n) is 3.78. The van der Waals surface area contributed by atoms with Crippen LogP contribution < -0.4 is 0 Å². The number of carbonyl (C=O) groups is 1. The van der Waals surface area contributed by atoms with Crippen molar-refractivity contribution in [1.82, 2.24) is 30.1 Å². The van der Waals surface area contributed by atoms with Crippen molar-refractivity contribution in [1.29, 1.82) is 0 Å². The van der Waals surface area contributed by atoms with E-state index in [2.05, 4.69) is 43.1 Å². The van der Waals surface area contributed by atoms with E-state index in [4.69, 9.17) is 16.8 Å². The predicted octanol–water partition coefficient (Wildman–Crippen LogP) is 3.41. The standard InChI is InChI=1S/C20H25N7O2P2S/c1-11(2)17-23-24-18(29-17)19(28)26-9-8-13-16(22-10-21-13)14(26)7-6-12-4-3-5-15(20(30)31)27(12)25-32/h3-6,10-11,14,20H,7-9,30-31H2,1-2H3,(H,21,22)/b12-6-/t14-/m0/s1. The van der Waals surface area contributed by atoms with Crippen LogP contribution in [-0.4, -0.2) is 47.9 Å². The highest BCUT2D eigenvalue weighted by atomic mass is 32.1. The molecule has 32 heavy (non-hydrogen) atoms. The maximum absolute atomic E-state index is 13.3. The third-order valence-corrected chi connectivity index (χ3v) is 6.27. The second-order valence-electron chi connectivity index (χ2n) is 7.87. The summed E-state index contributed by atoms with van der Waals surface area (Å²) in [6.07, 6.45) is 10.8. The minimum Gasteiger partial charge on any atom is -0.417 e. The van der Waals surface area contributed by atoms with Crippen molar-refractivity contribution in [3.05, 3.63) is 65.2 Å². The number of allylic oxidation sites excluding steroid dienone is 4. The molecule has 12 heteroatoms. The van der Waals surface area contributed by atoms with E-state index in [9.17, 15) is 4.79 Å². The van der Waals surface area contributed by atoms with E-state index in [1.165, 1.54) is 0 Å². The number of hydrogen-bond donors (Lipinski definition) is 1. The molecule has 2 aliphatic heterocycles. The van der Waals surface area contributed by atoms with Crippen LogP contribution in [0.15, 0.2) is 50.9 Å². The molecule has 4 heterocycles. The van der Waals surface area contributed by atoms with Crippen molar-refractivity contribution in [2.24, 2.45) is 4.47 Å². The van der Waals surface area contributed by atoms with Crippen molar-refractivity contribution < 1.29 is 9.21 Å². The smallest absolute Gasteiger partial charge is 0.311 e. The molecule has 0 saturated carbocycles. The summed E-state index contributed by atoms with van der Waals surface area (Å²) < 4.78 is 9.65. The van der Waals surface area contributed by atoms with E-state index in [1.807, 2.05) is 38.2 Å². The van der Waals surface area contributed by atoms with Crippen molar-refractivity contribution in [2.75, 3.05) is 6.54 Å². The van der Waals surface area contributed by atoms with Crippen LogP contribution in [0, 0.1) is 0 Å². The normalized spacial score (nSPS) is 19.6. The van der Waals surface area contributed by atoms with E-state index in [0.717, 1.165) is 22.8 Å². The average molecular weight is 489 g/mol. The Morgan fingerprint density at radius 2 is 2.25 bits per heavy atom. The number of nitrogens with one attached hydrogen (secondary N) is 1. The Morgan fingerprint density at radius 1 is 1.44 bits per heavy atom. The van der Waals surface area contributed by atoms with E-state index in [1.54, 1.807) is 16.2 Å². The molecule has 0 fully saturated rings. The first-order valence-corrected chi connectivity index (χ1v) is 12.0. The van der Waals surface area contributed by atoms with Crippen molar-refractivity contribution in [3.63, 3.8) is 0 Å². The summed E-state index contributed by atoms with van der Waals surface area (Å²) >= 11 is 5.02. The Morgan fingerprint density at radius 3 is 2.94 bits per heavy atom. The Kier molecular flexibility index (Phi) is 6.93. The van der Waals surface area contributed by atoms with E-state index in [-0.39, 0.29) is 29.2 Å². The second-order valence-corrected chi connectivity index (χ2v) is 10.2. The van der Waals surface area contributed by atoms with Crippen molar-refractivity contribution in [2.45, 2.75) is 44.0 Å². The zero-order valence-corrected chi connectivity index (χ0v) is 20.9. The molecule has 2 aromatic heterocycles. The zero-order valence-electron chi connectivity index (χ0n) is 17.8. The summed E-state index contributed by atoms with van der Waals surface area (Å²) in [4.78, 5) is 22.7. The third-order valence-electron chi connectivity index (χ3n) is 5.42. The van der Waals surface area contributed by atoms with Gasteiger partial charge >= 0.3 is 11.8 Å². The summed E-state index contributed by atoms with van der Waals surface area (Å²) in [5.41, 5.74) is 3.68. The number of fused-ring (bicyclic) bond motifs is 1. The molecular formula is C20H25N7O2P2S. The summed E-state index contributed by atoms with van der Waals surface area (Å²) in [6.45, 7) is 4.41. The highest BCUT2D eigenvalue weighted by Crippen LogP contribution is 2.34. The number of carbonyl (C=O) groups excluding carboxylic acids is 1. The SMILES string of the molecule is CC(C)c1nnc(C(=O)N2CCc3[nH]cnc3[C@@H]2C/C=C2/C=CC=C(C(P)P)N2N=S)o1. The maximum atomic E-state index is 13.3. The van der Waals surface area contributed by atoms with Crippen LogP contribution in [0.4, 0.5) is 0 Å². The van der Waals surface area contributed by atoms with Gasteiger partial charge in [-0.15, -0.1) is 28.7 Å². The molecule has 0 radical (unpaired) electrons. The first-order chi connectivity index (χ1) is 15.4. The molecule has 1 amide bonds. The number of imidazole rings is 1. The molecule has 4 rings (SSSR count). The molecule has 9 nitrogen and oxygen atoms in total. The van der Waals surface area contributed by atoms with E-state index in [0.29, 0.717) is 25.3 Å². The molecule has 0 aromatic carbocycles. The van der Waals surface area contributed by atoms with Gasteiger partial charge in [-0.3, -0.25) is 4.79 Å². The molecule has 3 atom stereocenters. The summed E-state index contributed by atoms with van der Waals surface area (Å²) in [7, 11) is 5.45. The van der Waals surface area contributed by atoms with Gasteiger partial charge in [0.2, 0.25) is 5.89 Å². The van der Waals surface area contributed by atoms with Gasteiger partial charge in [-0.1, -0.05) is 30.5 Å². The fraction of sp³-hybridized carbons (Fsp3) is 0.400. The number of hydrogen-bond acceptors (Lipinski definition) is 7. The molecule has 1 N–H and O–H groups in total. The molecule has 2 aliphatic rings. The molecular weight excluding hydrogens is 464 g/mol. The Labute approximate surface area is 196 Å². The lowest BCUT2D eigenvalue weighted by atomic mass is 9.98. The van der Waals surface area contributed by atoms with Crippen LogP contribution in [-0.2, 0) is 18.8 Å². The van der Waals surface area contributed by atoms with Gasteiger partial charge in [0, 0.05) is 30.0 Å². The molecule has 2 aromatic rings. The first kappa shape index (κ1) is 22.9. The third kappa shape index (κ3) is 4.45. The van der Waals surface area contributed by atoms with Gasteiger partial charge in [0.1, 0.15) is 0 Å². The Bertz CT molecular complexity index is 1110. The number of amides is 1. The van der Waals surface area contributed by atoms with Crippen molar-refractivity contribution in [3.8, 4) is 0 Å². The molecule has 2 unspecified atom stereocenters. The predicted molar refractivity (Wildman–Crippen MR) is 129 cm³/mol. The van der Waals surface area contributed by atoms with Crippen LogP contribution in [0.1, 0.15) is 60.2 Å². The van der Waals surface area contributed by atoms with Crippen LogP contribution in [0.2, 0.25) is 0 Å². The summed E-state index contributed by atoms with van der Waals surface area (Å²) in [5.74, 6) is 0.211. The van der Waals surface area contributed by atoms with E-state index < -0.39 is 0 Å². The minimum atomic E-state index is -0.291. The molecule has 0 spiro atoms. The van der Waals surface area contributed by atoms with Gasteiger partial charge < -0.3 is 14.3 Å². The second kappa shape index (κ2) is 9.69. The largest absolute Gasteiger partial charge is 0.417 e. The van der Waals surface area contributed by atoms with Crippen molar-refractivity contribution >= 4 is 36.8 Å². The summed E-state index contributed by atoms with van der Waals surface area (Å²) in [6, 6.07) is -0.281. The highest BCUT2D eigenvalue weighted by molar-refractivity contribution is 7.47. The van der Waals surface area contributed by atoms with Crippen LogP contribution in [0.25, 0.3) is 0 Å². The number of nitrogens with zero attached hydrogens (tertiary/aromatic N) is 6. The highest BCUT2D eigenvalue weighted by Gasteiger charge is 2.35. The number of rotatable bonds is 6. The lowest BCUT2D eigenvalue weighted by Gasteiger charge is -2.34. The number of aromatic nitrogens is 4. The van der Waals surface area contributed by atoms with Gasteiger partial charge in [-0.05, 0) is 18.6 Å². The van der Waals surface area contributed by atoms with Crippen LogP contribution in [0.3, 0.4) is 0 Å². The van der Waals surface area contributed by atoms with Gasteiger partial charge in [-0.25, -0.2) is 9.99 Å². The Hall–Kier alpha value is -2.28. The van der Waals surface area contributed by atoms with E-state index >= 15 is 0 Å². The van der Waals surface area contributed by atoms with Gasteiger partial charge in [0.05, 0.1) is 41.9 Å². The van der Waals surface area contributed by atoms with Gasteiger partial charge in [0.15, 0.2) is 0 Å². The minimum absolute atomic E-state index is 0.00385. The first-order valence-electron chi connectivity index (χ1n) is 10.3. The summed E-state index contributed by atoms with van der Waals surface area (Å²) in [5, 5.41) is 9.83. The quantitative estimate of drug-likeness (QED) is 0.621. The van der Waals surface area contributed by atoms with Gasteiger partial charge in [-0.2, -0.15) is 0 Å². The topological polar surface area (TPSA) is 104 Å². The fourth-order valence-corrected chi connectivity index (χ4v) is 4.48. The number of aromatic amines is 1. The van der Waals surface area contributed by atoms with Crippen LogP contribution >= 0.6 is 18.5 Å². The maximum Gasteiger partial charge on any atom is 0.311 e. The zero-order chi connectivity index (χ0) is 22.8. The molecule has 0 saturated heterocycles. The molecule has 168 valence electrons. The molecule has 0 aliphatic carbocycles. The average Bonchev–Trinajstić information content (AvgIpc) is 3.46. The lowest BCUT2D eigenvalue weighted by Crippen LogP contribution is -2.40. The van der Waals surface area contributed by atoms with Crippen LogP contribution in [0.5, 0.6) is 0 Å². The Balaban J connectivity index is 1.62.